The molecule has 2 aromatic rings. The number of carbonyl (C=O) groups is 1. The van der Waals surface area contributed by atoms with Crippen LogP contribution in [0.2, 0.25) is 0 Å². The molecule has 1 aliphatic rings. The Hall–Kier alpha value is -2.36. The summed E-state index contributed by atoms with van der Waals surface area (Å²) in [5.74, 6) is 0.0504. The zero-order valence-electron chi connectivity index (χ0n) is 12.9. The van der Waals surface area contributed by atoms with Gasteiger partial charge in [0.25, 0.3) is 0 Å². The fourth-order valence-corrected chi connectivity index (χ4v) is 2.70. The van der Waals surface area contributed by atoms with Crippen LogP contribution < -0.4 is 0 Å². The Morgan fingerprint density at radius 2 is 1.83 bits per heavy atom. The highest BCUT2D eigenvalue weighted by Crippen LogP contribution is 2.29. The van der Waals surface area contributed by atoms with Gasteiger partial charge in [-0.05, 0) is 48.6 Å². The molecule has 1 amide bonds. The molecule has 0 saturated heterocycles. The van der Waals surface area contributed by atoms with E-state index in [2.05, 4.69) is 0 Å². The molecule has 0 radical (unpaired) electrons. The van der Waals surface area contributed by atoms with E-state index in [-0.39, 0.29) is 17.5 Å². The number of para-hydroxylation sites is 1. The van der Waals surface area contributed by atoms with Crippen molar-refractivity contribution in [1.82, 2.24) is 4.90 Å². The maximum atomic E-state index is 13.0. The Morgan fingerprint density at radius 3 is 2.48 bits per heavy atom. The molecule has 0 aromatic heterocycles. The predicted octanol–water partition coefficient (Wildman–Crippen LogP) is 3.66. The van der Waals surface area contributed by atoms with Crippen molar-refractivity contribution in [3.63, 3.8) is 0 Å². The fourth-order valence-electron chi connectivity index (χ4n) is 2.70. The maximum absolute atomic E-state index is 13.0. The zero-order valence-corrected chi connectivity index (χ0v) is 12.9. The molecule has 0 aliphatic heterocycles. The van der Waals surface area contributed by atoms with Gasteiger partial charge < -0.3 is 10.0 Å². The summed E-state index contributed by atoms with van der Waals surface area (Å²) in [6.45, 7) is 0.518. The SMILES string of the molecule is O=C(CCc1ccccc1O)N(Cc1ccc(F)cc1)C1CC1. The molecule has 0 atom stereocenters. The Balaban J connectivity index is 1.63. The molecule has 1 aliphatic carbocycles. The molecule has 0 heterocycles. The standard InChI is InChI=1S/C19H20FNO2/c20-16-8-5-14(6-9-16)13-21(17-10-11-17)19(23)12-7-15-3-1-2-4-18(15)22/h1-6,8-9,17,22H,7,10-13H2. The average Bonchev–Trinajstić information content (AvgIpc) is 3.38. The maximum Gasteiger partial charge on any atom is 0.223 e. The number of carbonyl (C=O) groups excluding carboxylic acids is 1. The van der Waals surface area contributed by atoms with Crippen molar-refractivity contribution in [3.8, 4) is 5.75 Å². The molecule has 0 spiro atoms. The summed E-state index contributed by atoms with van der Waals surface area (Å²) in [5, 5.41) is 9.78. The van der Waals surface area contributed by atoms with Gasteiger partial charge in [-0.3, -0.25) is 4.79 Å². The number of hydrogen-bond acceptors (Lipinski definition) is 2. The monoisotopic (exact) mass is 313 g/mol. The molecule has 3 rings (SSSR count). The van der Waals surface area contributed by atoms with Crippen molar-refractivity contribution < 1.29 is 14.3 Å². The summed E-state index contributed by atoms with van der Waals surface area (Å²) < 4.78 is 13.0. The van der Waals surface area contributed by atoms with Gasteiger partial charge in [-0.25, -0.2) is 4.39 Å². The minimum Gasteiger partial charge on any atom is -0.508 e. The number of benzene rings is 2. The van der Waals surface area contributed by atoms with E-state index in [9.17, 15) is 14.3 Å². The van der Waals surface area contributed by atoms with E-state index >= 15 is 0 Å². The quantitative estimate of drug-likeness (QED) is 0.884. The van der Waals surface area contributed by atoms with Crippen LogP contribution in [0.4, 0.5) is 4.39 Å². The van der Waals surface area contributed by atoms with Gasteiger partial charge >= 0.3 is 0 Å². The van der Waals surface area contributed by atoms with Crippen molar-refractivity contribution in [2.24, 2.45) is 0 Å². The minimum atomic E-state index is -0.266. The van der Waals surface area contributed by atoms with Gasteiger partial charge in [-0.1, -0.05) is 30.3 Å². The van der Waals surface area contributed by atoms with Crippen LogP contribution in [-0.4, -0.2) is 22.0 Å². The van der Waals surface area contributed by atoms with Gasteiger partial charge in [0.05, 0.1) is 0 Å². The summed E-state index contributed by atoms with van der Waals surface area (Å²) in [4.78, 5) is 14.4. The summed E-state index contributed by atoms with van der Waals surface area (Å²) in [6, 6.07) is 13.7. The minimum absolute atomic E-state index is 0.0834. The van der Waals surface area contributed by atoms with Gasteiger partial charge in [-0.15, -0.1) is 0 Å². The Bertz CT molecular complexity index is 680. The van der Waals surface area contributed by atoms with Crippen LogP contribution in [0.5, 0.6) is 5.75 Å². The summed E-state index contributed by atoms with van der Waals surface area (Å²) in [6.07, 6.45) is 2.96. The van der Waals surface area contributed by atoms with Crippen LogP contribution in [0, 0.1) is 5.82 Å². The van der Waals surface area contributed by atoms with Crippen LogP contribution in [0.25, 0.3) is 0 Å². The number of hydrogen-bond donors (Lipinski definition) is 1. The van der Waals surface area contributed by atoms with Gasteiger partial charge in [0.15, 0.2) is 0 Å². The first-order chi connectivity index (χ1) is 11.1. The smallest absolute Gasteiger partial charge is 0.223 e. The molecule has 1 saturated carbocycles. The molecule has 4 heteroatoms. The highest BCUT2D eigenvalue weighted by atomic mass is 19.1. The molecule has 0 bridgehead atoms. The second kappa shape index (κ2) is 6.82. The summed E-state index contributed by atoms with van der Waals surface area (Å²) in [5.41, 5.74) is 1.73. The molecule has 2 aromatic carbocycles. The number of halogens is 1. The lowest BCUT2D eigenvalue weighted by Gasteiger charge is -2.23. The van der Waals surface area contributed by atoms with E-state index < -0.39 is 0 Å². The number of phenolic OH excluding ortho intramolecular Hbond substituents is 1. The normalized spacial score (nSPS) is 13.8. The van der Waals surface area contributed by atoms with E-state index in [0.29, 0.717) is 25.4 Å². The van der Waals surface area contributed by atoms with Crippen molar-refractivity contribution >= 4 is 5.91 Å². The average molecular weight is 313 g/mol. The Labute approximate surface area is 135 Å². The number of aryl methyl sites for hydroxylation is 1. The van der Waals surface area contributed by atoms with Crippen LogP contribution in [0.1, 0.15) is 30.4 Å². The molecule has 3 nitrogen and oxygen atoms in total. The lowest BCUT2D eigenvalue weighted by Crippen LogP contribution is -2.32. The van der Waals surface area contributed by atoms with Crippen molar-refractivity contribution in [1.29, 1.82) is 0 Å². The van der Waals surface area contributed by atoms with Gasteiger partial charge in [0, 0.05) is 19.0 Å². The van der Waals surface area contributed by atoms with E-state index in [1.165, 1.54) is 12.1 Å². The molecule has 0 unspecified atom stereocenters. The molecule has 23 heavy (non-hydrogen) atoms. The lowest BCUT2D eigenvalue weighted by atomic mass is 10.1. The third-order valence-electron chi connectivity index (χ3n) is 4.17. The first-order valence-electron chi connectivity index (χ1n) is 7.94. The van der Waals surface area contributed by atoms with Gasteiger partial charge in [0.1, 0.15) is 11.6 Å². The molecule has 1 N–H and O–H groups in total. The van der Waals surface area contributed by atoms with Crippen LogP contribution in [0.15, 0.2) is 48.5 Å². The van der Waals surface area contributed by atoms with E-state index in [4.69, 9.17) is 0 Å². The number of rotatable bonds is 6. The highest BCUT2D eigenvalue weighted by Gasteiger charge is 2.32. The Morgan fingerprint density at radius 1 is 1.13 bits per heavy atom. The first kappa shape index (κ1) is 15.5. The third-order valence-corrected chi connectivity index (χ3v) is 4.17. The van der Waals surface area contributed by atoms with Gasteiger partial charge in [-0.2, -0.15) is 0 Å². The molecule has 1 fully saturated rings. The number of nitrogens with zero attached hydrogens (tertiary/aromatic N) is 1. The van der Waals surface area contributed by atoms with Crippen LogP contribution in [0.3, 0.4) is 0 Å². The fraction of sp³-hybridized carbons (Fsp3) is 0.316. The predicted molar refractivity (Wildman–Crippen MR) is 86.4 cm³/mol. The van der Waals surface area contributed by atoms with E-state index in [0.717, 1.165) is 24.0 Å². The summed E-state index contributed by atoms with van der Waals surface area (Å²) >= 11 is 0. The lowest BCUT2D eigenvalue weighted by molar-refractivity contribution is -0.132. The van der Waals surface area contributed by atoms with Crippen LogP contribution >= 0.6 is 0 Å². The molecular weight excluding hydrogens is 293 g/mol. The second-order valence-corrected chi connectivity index (χ2v) is 6.01. The summed E-state index contributed by atoms with van der Waals surface area (Å²) in [7, 11) is 0. The first-order valence-corrected chi connectivity index (χ1v) is 7.94. The topological polar surface area (TPSA) is 40.5 Å². The van der Waals surface area contributed by atoms with E-state index in [1.54, 1.807) is 24.3 Å². The third kappa shape index (κ3) is 4.09. The highest BCUT2D eigenvalue weighted by molar-refractivity contribution is 5.77. The van der Waals surface area contributed by atoms with E-state index in [1.807, 2.05) is 17.0 Å². The number of phenols is 1. The number of amides is 1. The van der Waals surface area contributed by atoms with Crippen LogP contribution in [-0.2, 0) is 17.8 Å². The molecular formula is C19H20FNO2. The second-order valence-electron chi connectivity index (χ2n) is 6.01. The van der Waals surface area contributed by atoms with Crippen molar-refractivity contribution in [2.45, 2.75) is 38.3 Å². The molecule has 120 valence electrons. The Kier molecular flexibility index (Phi) is 4.60. The number of aromatic hydroxyl groups is 1. The van der Waals surface area contributed by atoms with Gasteiger partial charge in [0.2, 0.25) is 5.91 Å². The van der Waals surface area contributed by atoms with Crippen molar-refractivity contribution in [3.05, 3.63) is 65.5 Å². The largest absolute Gasteiger partial charge is 0.508 e. The zero-order chi connectivity index (χ0) is 16.2. The van der Waals surface area contributed by atoms with Crippen molar-refractivity contribution in [2.75, 3.05) is 0 Å².